The number of rotatable bonds is 10. The zero-order valence-corrected chi connectivity index (χ0v) is 26.8. The molecular formula is C39H37N3O6. The molecule has 2 amide bonds. The molecule has 9 heteroatoms. The lowest BCUT2D eigenvalue weighted by Gasteiger charge is -2.30. The van der Waals surface area contributed by atoms with Crippen LogP contribution in [-0.2, 0) is 0 Å². The van der Waals surface area contributed by atoms with E-state index in [0.29, 0.717) is 22.6 Å². The Morgan fingerprint density at radius 3 is 1.98 bits per heavy atom. The van der Waals surface area contributed by atoms with Crippen molar-refractivity contribution in [2.45, 2.75) is 37.8 Å². The summed E-state index contributed by atoms with van der Waals surface area (Å²) in [7, 11) is 3.88. The van der Waals surface area contributed by atoms with E-state index in [-0.39, 0.29) is 29.3 Å². The maximum Gasteiger partial charge on any atom is 0.337 e. The third kappa shape index (κ3) is 7.58. The summed E-state index contributed by atoms with van der Waals surface area (Å²) >= 11 is 0. The van der Waals surface area contributed by atoms with Gasteiger partial charge in [0.25, 0.3) is 11.8 Å². The molecule has 0 heterocycles. The molecule has 0 bridgehead atoms. The predicted octanol–water partition coefficient (Wildman–Crippen LogP) is 7.77. The highest BCUT2D eigenvalue weighted by Crippen LogP contribution is 2.31. The first-order chi connectivity index (χ1) is 23.2. The quantitative estimate of drug-likeness (QED) is 0.142. The number of carboxylic acids is 1. The number of carbonyl (C=O) groups is 3. The number of nitrogens with one attached hydrogen (secondary N) is 2. The number of nitrogens with zero attached hydrogens (tertiary/aromatic N) is 1. The molecule has 0 aliphatic heterocycles. The molecule has 9 nitrogen and oxygen atoms in total. The van der Waals surface area contributed by atoms with Crippen LogP contribution in [0.2, 0.25) is 0 Å². The minimum Gasteiger partial charge on any atom is -0.490 e. The van der Waals surface area contributed by atoms with E-state index >= 15 is 0 Å². The van der Waals surface area contributed by atoms with Gasteiger partial charge in [-0.2, -0.15) is 0 Å². The van der Waals surface area contributed by atoms with E-state index in [1.807, 2.05) is 79.7 Å². The maximum absolute atomic E-state index is 13.0. The van der Waals surface area contributed by atoms with Gasteiger partial charge in [0.15, 0.2) is 0 Å². The molecule has 0 radical (unpaired) electrons. The van der Waals surface area contributed by atoms with Crippen LogP contribution in [0.25, 0.3) is 10.8 Å². The molecule has 0 spiro atoms. The van der Waals surface area contributed by atoms with Crippen molar-refractivity contribution in [3.63, 3.8) is 0 Å². The highest BCUT2D eigenvalue weighted by atomic mass is 16.5. The predicted molar refractivity (Wildman–Crippen MR) is 187 cm³/mol. The van der Waals surface area contributed by atoms with E-state index in [9.17, 15) is 19.5 Å². The van der Waals surface area contributed by atoms with Gasteiger partial charge in [-0.05, 0) is 109 Å². The van der Waals surface area contributed by atoms with E-state index in [1.165, 1.54) is 6.07 Å². The van der Waals surface area contributed by atoms with Crippen LogP contribution in [-0.4, -0.2) is 49.1 Å². The fourth-order valence-corrected chi connectivity index (χ4v) is 5.96. The minimum atomic E-state index is -1.11. The molecule has 1 aliphatic rings. The molecule has 0 atom stereocenters. The number of para-hydroxylation sites is 2. The molecule has 6 rings (SSSR count). The Labute approximate surface area is 279 Å². The van der Waals surface area contributed by atoms with Gasteiger partial charge in [0.1, 0.15) is 17.2 Å². The fraction of sp³-hybridized carbons (Fsp3) is 0.205. The Kier molecular flexibility index (Phi) is 9.57. The van der Waals surface area contributed by atoms with Crippen LogP contribution < -0.4 is 25.0 Å². The van der Waals surface area contributed by atoms with E-state index in [0.717, 1.165) is 47.9 Å². The molecule has 48 heavy (non-hydrogen) atoms. The standard InChI is InChI=1S/C39H37N3O6/c1-42(2)36-10-6-4-8-34(36)38(44)40-28-15-21-30(22-16-28)48-32-20-14-26-23-31(19-13-27(26)24-32)47-29-17-11-25(12-18-29)37(43)41-35-9-5-3-7-33(35)39(45)46/h3-14,17-20,23-24,28,30H,15-16,21-22H2,1-2H3,(H,40,44)(H,41,43)(H,45,46). The van der Waals surface area contributed by atoms with Gasteiger partial charge in [0.2, 0.25) is 0 Å². The van der Waals surface area contributed by atoms with Gasteiger partial charge in [-0.3, -0.25) is 9.59 Å². The molecule has 5 aromatic rings. The number of carbonyl (C=O) groups excluding carboxylic acids is 2. The van der Waals surface area contributed by atoms with Gasteiger partial charge in [0.05, 0.1) is 22.9 Å². The second-order valence-corrected chi connectivity index (χ2v) is 12.1. The molecule has 1 aliphatic carbocycles. The number of carboxylic acid groups (broad SMARTS) is 1. The zero-order chi connectivity index (χ0) is 33.6. The van der Waals surface area contributed by atoms with E-state index in [1.54, 1.807) is 42.5 Å². The smallest absolute Gasteiger partial charge is 0.337 e. The molecule has 244 valence electrons. The van der Waals surface area contributed by atoms with Crippen molar-refractivity contribution in [1.82, 2.24) is 5.32 Å². The molecule has 0 unspecified atom stereocenters. The van der Waals surface area contributed by atoms with E-state index in [4.69, 9.17) is 9.47 Å². The Morgan fingerprint density at radius 2 is 1.29 bits per heavy atom. The molecule has 1 fully saturated rings. The number of ether oxygens (including phenoxy) is 2. The van der Waals surface area contributed by atoms with Crippen LogP contribution in [0.3, 0.4) is 0 Å². The number of amides is 2. The average Bonchev–Trinajstić information content (AvgIpc) is 3.09. The SMILES string of the molecule is CN(C)c1ccccc1C(=O)NC1CCC(Oc2ccc3cc(Oc4ccc(C(=O)Nc5ccccc5C(=O)O)cc4)ccc3c2)CC1. The lowest BCUT2D eigenvalue weighted by Crippen LogP contribution is -2.40. The van der Waals surface area contributed by atoms with Crippen molar-refractivity contribution in [1.29, 1.82) is 0 Å². The summed E-state index contributed by atoms with van der Waals surface area (Å²) in [5.41, 5.74) is 2.22. The molecule has 3 N–H and O–H groups in total. The van der Waals surface area contributed by atoms with Crippen molar-refractivity contribution in [3.05, 3.63) is 126 Å². The van der Waals surface area contributed by atoms with Crippen molar-refractivity contribution in [3.8, 4) is 17.2 Å². The fourth-order valence-electron chi connectivity index (χ4n) is 5.96. The van der Waals surface area contributed by atoms with Gasteiger partial charge < -0.3 is 30.1 Å². The third-order valence-corrected chi connectivity index (χ3v) is 8.48. The normalized spacial score (nSPS) is 15.7. The number of anilines is 2. The summed E-state index contributed by atoms with van der Waals surface area (Å²) < 4.78 is 12.4. The highest BCUT2D eigenvalue weighted by molar-refractivity contribution is 6.07. The lowest BCUT2D eigenvalue weighted by atomic mass is 9.92. The second-order valence-electron chi connectivity index (χ2n) is 12.1. The first-order valence-corrected chi connectivity index (χ1v) is 15.9. The highest BCUT2D eigenvalue weighted by Gasteiger charge is 2.25. The van der Waals surface area contributed by atoms with Gasteiger partial charge in [-0.15, -0.1) is 0 Å². The summed E-state index contributed by atoms with van der Waals surface area (Å²) in [5.74, 6) is 0.451. The molecule has 0 aromatic heterocycles. The van der Waals surface area contributed by atoms with Crippen LogP contribution in [0.15, 0.2) is 109 Å². The summed E-state index contributed by atoms with van der Waals surface area (Å²) in [5, 5.41) is 17.3. The van der Waals surface area contributed by atoms with Crippen LogP contribution in [0.4, 0.5) is 11.4 Å². The molecule has 1 saturated carbocycles. The third-order valence-electron chi connectivity index (χ3n) is 8.48. The van der Waals surface area contributed by atoms with Crippen LogP contribution in [0, 0.1) is 0 Å². The Bertz CT molecular complexity index is 1950. The average molecular weight is 644 g/mol. The Morgan fingerprint density at radius 1 is 0.688 bits per heavy atom. The lowest BCUT2D eigenvalue weighted by molar-refractivity contribution is 0.0697. The summed E-state index contributed by atoms with van der Waals surface area (Å²) in [6.07, 6.45) is 3.53. The first-order valence-electron chi connectivity index (χ1n) is 15.9. The van der Waals surface area contributed by atoms with Crippen LogP contribution in [0.1, 0.15) is 56.8 Å². The van der Waals surface area contributed by atoms with Gasteiger partial charge in [-0.1, -0.05) is 36.4 Å². The second kappa shape index (κ2) is 14.3. The maximum atomic E-state index is 13.0. The molecule has 5 aromatic carbocycles. The number of benzene rings is 5. The largest absolute Gasteiger partial charge is 0.490 e. The topological polar surface area (TPSA) is 117 Å². The van der Waals surface area contributed by atoms with Crippen LogP contribution >= 0.6 is 0 Å². The first kappa shape index (κ1) is 32.1. The monoisotopic (exact) mass is 643 g/mol. The van der Waals surface area contributed by atoms with Crippen molar-refractivity contribution in [2.24, 2.45) is 0 Å². The van der Waals surface area contributed by atoms with E-state index < -0.39 is 11.9 Å². The van der Waals surface area contributed by atoms with Crippen molar-refractivity contribution < 1.29 is 29.0 Å². The van der Waals surface area contributed by atoms with Crippen molar-refractivity contribution in [2.75, 3.05) is 24.3 Å². The number of hydrogen-bond acceptors (Lipinski definition) is 6. The zero-order valence-electron chi connectivity index (χ0n) is 26.8. The van der Waals surface area contributed by atoms with Gasteiger partial charge in [-0.25, -0.2) is 4.79 Å². The number of aromatic carboxylic acids is 1. The summed E-state index contributed by atoms with van der Waals surface area (Å²) in [6, 6.07) is 32.5. The minimum absolute atomic E-state index is 0.0216. The van der Waals surface area contributed by atoms with Gasteiger partial charge in [0, 0.05) is 31.4 Å². The number of fused-ring (bicyclic) bond motifs is 1. The number of hydrogen-bond donors (Lipinski definition) is 3. The summed E-state index contributed by atoms with van der Waals surface area (Å²) in [4.78, 5) is 39.1. The van der Waals surface area contributed by atoms with Gasteiger partial charge >= 0.3 is 5.97 Å². The summed E-state index contributed by atoms with van der Waals surface area (Å²) in [6.45, 7) is 0. The molecular weight excluding hydrogens is 606 g/mol. The van der Waals surface area contributed by atoms with E-state index in [2.05, 4.69) is 10.6 Å². The van der Waals surface area contributed by atoms with Crippen molar-refractivity contribution >= 4 is 39.9 Å². The Hall–Kier alpha value is -5.83. The molecule has 0 saturated heterocycles. The van der Waals surface area contributed by atoms with Crippen LogP contribution in [0.5, 0.6) is 17.2 Å². The Balaban J connectivity index is 1.01.